The van der Waals surface area contributed by atoms with Gasteiger partial charge in [-0.25, -0.2) is 4.39 Å². The smallest absolute Gasteiger partial charge is 0.137 e. The van der Waals surface area contributed by atoms with Crippen LogP contribution < -0.4 is 0 Å². The summed E-state index contributed by atoms with van der Waals surface area (Å²) in [5.41, 5.74) is 1.63. The van der Waals surface area contributed by atoms with Crippen LogP contribution >= 0.6 is 15.9 Å². The van der Waals surface area contributed by atoms with Crippen LogP contribution in [0, 0.1) is 5.82 Å². The average Bonchev–Trinajstić information content (AvgIpc) is 2.70. The molecule has 1 N–H and O–H groups in total. The molecule has 2 rings (SSSR count). The Balaban J connectivity index is 2.12. The van der Waals surface area contributed by atoms with E-state index in [9.17, 15) is 9.50 Å². The Kier molecular flexibility index (Phi) is 3.59. The van der Waals surface area contributed by atoms with Crippen LogP contribution in [0.1, 0.15) is 17.2 Å². The van der Waals surface area contributed by atoms with E-state index in [-0.39, 0.29) is 5.82 Å². The summed E-state index contributed by atoms with van der Waals surface area (Å²) < 4.78 is 15.1. The van der Waals surface area contributed by atoms with Gasteiger partial charge in [0.05, 0.1) is 16.8 Å². The highest BCUT2D eigenvalue weighted by atomic mass is 79.9. The second-order valence-electron chi connectivity index (χ2n) is 3.92. The van der Waals surface area contributed by atoms with E-state index in [0.29, 0.717) is 10.9 Å². The van der Waals surface area contributed by atoms with Gasteiger partial charge in [-0.15, -0.1) is 0 Å². The van der Waals surface area contributed by atoms with Crippen LogP contribution in [0.4, 0.5) is 4.39 Å². The van der Waals surface area contributed by atoms with Crippen molar-refractivity contribution in [1.29, 1.82) is 0 Å². The Hall–Kier alpha value is -1.20. The number of aryl methyl sites for hydroxylation is 1. The van der Waals surface area contributed by atoms with Crippen molar-refractivity contribution in [2.24, 2.45) is 7.05 Å². The number of aliphatic hydroxyl groups is 1. The molecule has 0 aliphatic heterocycles. The molecule has 90 valence electrons. The Morgan fingerprint density at radius 2 is 2.29 bits per heavy atom. The van der Waals surface area contributed by atoms with Crippen LogP contribution in [0.25, 0.3) is 0 Å². The minimum atomic E-state index is -0.624. The number of aliphatic hydroxyl groups excluding tert-OH is 1. The van der Waals surface area contributed by atoms with E-state index >= 15 is 0 Å². The Bertz CT molecular complexity index is 527. The van der Waals surface area contributed by atoms with Gasteiger partial charge in [-0.05, 0) is 33.6 Å². The fourth-order valence-corrected chi connectivity index (χ4v) is 2.05. The summed E-state index contributed by atoms with van der Waals surface area (Å²) >= 11 is 3.12. The largest absolute Gasteiger partial charge is 0.388 e. The number of halogens is 2. The molecule has 0 radical (unpaired) electrons. The predicted molar refractivity (Wildman–Crippen MR) is 66.0 cm³/mol. The summed E-state index contributed by atoms with van der Waals surface area (Å²) in [7, 11) is 1.80. The van der Waals surface area contributed by atoms with E-state index in [2.05, 4.69) is 21.0 Å². The first-order valence-electron chi connectivity index (χ1n) is 5.17. The van der Waals surface area contributed by atoms with Gasteiger partial charge in [-0.3, -0.25) is 4.68 Å². The van der Waals surface area contributed by atoms with Gasteiger partial charge in [0.1, 0.15) is 5.82 Å². The fourth-order valence-electron chi connectivity index (χ4n) is 1.62. The number of benzene rings is 1. The van der Waals surface area contributed by atoms with E-state index in [4.69, 9.17) is 0 Å². The van der Waals surface area contributed by atoms with Crippen LogP contribution in [0.2, 0.25) is 0 Å². The van der Waals surface area contributed by atoms with Crippen molar-refractivity contribution < 1.29 is 9.50 Å². The molecule has 0 saturated carbocycles. The van der Waals surface area contributed by atoms with Gasteiger partial charge in [0.15, 0.2) is 0 Å². The number of rotatable bonds is 3. The van der Waals surface area contributed by atoms with Crippen molar-refractivity contribution in [1.82, 2.24) is 9.78 Å². The van der Waals surface area contributed by atoms with Gasteiger partial charge < -0.3 is 5.11 Å². The van der Waals surface area contributed by atoms with Gasteiger partial charge in [0.2, 0.25) is 0 Å². The van der Waals surface area contributed by atoms with Crippen LogP contribution in [0.15, 0.2) is 35.1 Å². The molecule has 1 unspecified atom stereocenters. The molecular formula is C12H12BrFN2O. The van der Waals surface area contributed by atoms with E-state index in [1.165, 1.54) is 6.07 Å². The first kappa shape index (κ1) is 12.3. The first-order chi connectivity index (χ1) is 8.06. The van der Waals surface area contributed by atoms with Crippen molar-refractivity contribution in [3.05, 3.63) is 52.0 Å². The van der Waals surface area contributed by atoms with Crippen LogP contribution in [0.3, 0.4) is 0 Å². The molecule has 1 atom stereocenters. The third-order valence-electron chi connectivity index (χ3n) is 2.52. The molecule has 0 amide bonds. The maximum absolute atomic E-state index is 13.0. The molecule has 0 spiro atoms. The zero-order valence-electron chi connectivity index (χ0n) is 9.27. The molecule has 0 bridgehead atoms. The molecule has 0 aliphatic rings. The molecular weight excluding hydrogens is 287 g/mol. The maximum Gasteiger partial charge on any atom is 0.137 e. The predicted octanol–water partition coefficient (Wildman–Crippen LogP) is 2.60. The van der Waals surface area contributed by atoms with Crippen molar-refractivity contribution in [3.8, 4) is 0 Å². The Morgan fingerprint density at radius 1 is 1.53 bits per heavy atom. The van der Waals surface area contributed by atoms with Crippen LogP contribution in [-0.2, 0) is 13.5 Å². The lowest BCUT2D eigenvalue weighted by Gasteiger charge is -2.08. The monoisotopic (exact) mass is 298 g/mol. The van der Waals surface area contributed by atoms with E-state index in [0.717, 1.165) is 11.1 Å². The van der Waals surface area contributed by atoms with Gasteiger partial charge >= 0.3 is 0 Å². The summed E-state index contributed by atoms with van der Waals surface area (Å²) in [6.07, 6.45) is 3.21. The van der Waals surface area contributed by atoms with Crippen LogP contribution in [0.5, 0.6) is 0 Å². The summed E-state index contributed by atoms with van der Waals surface area (Å²) in [6.45, 7) is 0. The lowest BCUT2D eigenvalue weighted by Crippen LogP contribution is -2.01. The highest BCUT2D eigenvalue weighted by molar-refractivity contribution is 9.10. The van der Waals surface area contributed by atoms with Crippen molar-refractivity contribution in [2.45, 2.75) is 12.5 Å². The fraction of sp³-hybridized carbons (Fsp3) is 0.250. The minimum absolute atomic E-state index is 0.301. The lowest BCUT2D eigenvalue weighted by atomic mass is 10.0. The second kappa shape index (κ2) is 4.98. The first-order valence-corrected chi connectivity index (χ1v) is 5.96. The number of nitrogens with zero attached hydrogens (tertiary/aromatic N) is 2. The van der Waals surface area contributed by atoms with E-state index in [1.807, 2.05) is 0 Å². The highest BCUT2D eigenvalue weighted by Gasteiger charge is 2.11. The summed E-state index contributed by atoms with van der Waals surface area (Å²) in [6, 6.07) is 4.73. The molecule has 1 heterocycles. The van der Waals surface area contributed by atoms with Crippen LogP contribution in [-0.4, -0.2) is 14.9 Å². The third kappa shape index (κ3) is 2.92. The van der Waals surface area contributed by atoms with E-state index in [1.54, 1.807) is 36.3 Å². The zero-order chi connectivity index (χ0) is 12.4. The maximum atomic E-state index is 13.0. The molecule has 17 heavy (non-hydrogen) atoms. The van der Waals surface area contributed by atoms with E-state index < -0.39 is 6.10 Å². The van der Waals surface area contributed by atoms with Crippen molar-refractivity contribution in [3.63, 3.8) is 0 Å². The van der Waals surface area contributed by atoms with Gasteiger partial charge in [0, 0.05) is 25.2 Å². The molecule has 0 saturated heterocycles. The normalized spacial score (nSPS) is 12.7. The van der Waals surface area contributed by atoms with Gasteiger partial charge in [-0.2, -0.15) is 5.10 Å². The number of aromatic nitrogens is 2. The molecule has 1 aromatic carbocycles. The second-order valence-corrected chi connectivity index (χ2v) is 4.77. The third-order valence-corrected chi connectivity index (χ3v) is 3.13. The summed E-state index contributed by atoms with van der Waals surface area (Å²) in [5.74, 6) is -0.301. The quantitative estimate of drug-likeness (QED) is 0.946. The minimum Gasteiger partial charge on any atom is -0.388 e. The topological polar surface area (TPSA) is 38.0 Å². The molecule has 2 aromatic rings. The van der Waals surface area contributed by atoms with Gasteiger partial charge in [0.25, 0.3) is 0 Å². The standard InChI is InChI=1S/C12H12BrFN2O/c1-16-7-9(6-15-16)12(17)5-8-2-3-11(14)10(13)4-8/h2-4,6-7,12,17H,5H2,1H3. The average molecular weight is 299 g/mol. The van der Waals surface area contributed by atoms with Crippen molar-refractivity contribution in [2.75, 3.05) is 0 Å². The summed E-state index contributed by atoms with van der Waals surface area (Å²) in [5, 5.41) is 14.0. The molecule has 5 heteroatoms. The molecule has 3 nitrogen and oxygen atoms in total. The molecule has 0 aliphatic carbocycles. The zero-order valence-corrected chi connectivity index (χ0v) is 10.9. The summed E-state index contributed by atoms with van der Waals surface area (Å²) in [4.78, 5) is 0. The Labute approximate surface area is 107 Å². The highest BCUT2D eigenvalue weighted by Crippen LogP contribution is 2.22. The Morgan fingerprint density at radius 3 is 2.88 bits per heavy atom. The molecule has 0 fully saturated rings. The van der Waals surface area contributed by atoms with Gasteiger partial charge in [-0.1, -0.05) is 6.07 Å². The lowest BCUT2D eigenvalue weighted by molar-refractivity contribution is 0.178. The SMILES string of the molecule is Cn1cc(C(O)Cc2ccc(F)c(Br)c2)cn1. The molecule has 1 aromatic heterocycles. The number of hydrogen-bond donors (Lipinski definition) is 1. The van der Waals surface area contributed by atoms with Crippen molar-refractivity contribution >= 4 is 15.9 Å². The number of hydrogen-bond acceptors (Lipinski definition) is 2.